The Kier molecular flexibility index (Phi) is 4.92. The molecule has 2 rings (SSSR count). The molecular weight excluding hydrogens is 326 g/mol. The Morgan fingerprint density at radius 2 is 1.79 bits per heavy atom. The van der Waals surface area contributed by atoms with Crippen molar-refractivity contribution < 1.29 is 29.3 Å². The summed E-state index contributed by atoms with van der Waals surface area (Å²) in [6, 6.07) is 1.93. The summed E-state index contributed by atoms with van der Waals surface area (Å²) in [6.07, 6.45) is -0.0461. The summed E-state index contributed by atoms with van der Waals surface area (Å²) < 4.78 is 4.94. The lowest BCUT2D eigenvalue weighted by Gasteiger charge is -2.20. The first-order chi connectivity index (χ1) is 11.3. The van der Waals surface area contributed by atoms with Gasteiger partial charge in [0, 0.05) is 24.2 Å². The molecule has 1 amide bonds. The maximum atomic E-state index is 11.9. The average Bonchev–Trinajstić information content (AvgIpc) is 3.02. The van der Waals surface area contributed by atoms with E-state index in [0.717, 1.165) is 23.1 Å². The summed E-state index contributed by atoms with van der Waals surface area (Å²) >= 11 is 0. The number of likely N-dealkylation sites (tertiary alicyclic amines) is 1. The molecule has 11 nitrogen and oxygen atoms in total. The van der Waals surface area contributed by atoms with E-state index in [1.54, 1.807) is 0 Å². The summed E-state index contributed by atoms with van der Waals surface area (Å²) in [5.41, 5.74) is -0.935. The number of carbonyl (C=O) groups excluding carboxylic acids is 1. The number of non-ortho nitro benzene ring substituents is 2. The lowest BCUT2D eigenvalue weighted by Crippen LogP contribution is -2.40. The van der Waals surface area contributed by atoms with Crippen LogP contribution in [0.15, 0.2) is 18.2 Å². The van der Waals surface area contributed by atoms with E-state index in [1.807, 2.05) is 0 Å². The minimum absolute atomic E-state index is 0.0651. The highest BCUT2D eigenvalue weighted by molar-refractivity contribution is 5.80. The molecule has 0 aliphatic carbocycles. The zero-order chi connectivity index (χ0) is 17.9. The van der Waals surface area contributed by atoms with Crippen LogP contribution in [0, 0.1) is 20.2 Å². The number of nitro benzene ring substituents is 2. The number of carbonyl (C=O) groups is 2. The topological polar surface area (TPSA) is 153 Å². The molecule has 1 aliphatic rings. The molecular formula is C13H13N3O8. The van der Waals surface area contributed by atoms with Crippen LogP contribution in [0.2, 0.25) is 0 Å². The quantitative estimate of drug-likeness (QED) is 0.628. The third-order valence-electron chi connectivity index (χ3n) is 3.52. The zero-order valence-corrected chi connectivity index (χ0v) is 12.3. The van der Waals surface area contributed by atoms with Crippen LogP contribution in [-0.4, -0.2) is 44.5 Å². The number of aliphatic carboxylic acids is 1. The minimum atomic E-state index is -1.14. The van der Waals surface area contributed by atoms with Crippen LogP contribution >= 0.6 is 0 Å². The van der Waals surface area contributed by atoms with Crippen LogP contribution in [0.3, 0.4) is 0 Å². The van der Waals surface area contributed by atoms with Crippen molar-refractivity contribution in [2.24, 2.45) is 0 Å². The smallest absolute Gasteiger partial charge is 0.410 e. The molecule has 0 aromatic heterocycles. The number of rotatable bonds is 5. The number of nitro groups is 2. The summed E-state index contributed by atoms with van der Waals surface area (Å²) in [4.78, 5) is 44.0. The predicted molar refractivity (Wildman–Crippen MR) is 77.3 cm³/mol. The van der Waals surface area contributed by atoms with Crippen LogP contribution < -0.4 is 0 Å². The SMILES string of the molecule is O=C(O)[C@H]1CCCN1C(=O)OCc1cc([N+](=O)[O-])cc([N+](=O)[O-])c1. The number of nitrogens with zero attached hydrogens (tertiary/aromatic N) is 3. The van der Waals surface area contributed by atoms with Gasteiger partial charge in [0.2, 0.25) is 0 Å². The molecule has 24 heavy (non-hydrogen) atoms. The largest absolute Gasteiger partial charge is 0.480 e. The van der Waals surface area contributed by atoms with Crippen LogP contribution in [-0.2, 0) is 16.1 Å². The first kappa shape index (κ1) is 17.1. The van der Waals surface area contributed by atoms with Gasteiger partial charge in [0.25, 0.3) is 11.4 Å². The van der Waals surface area contributed by atoms with E-state index in [0.29, 0.717) is 12.8 Å². The third-order valence-corrected chi connectivity index (χ3v) is 3.52. The normalized spacial score (nSPS) is 16.7. The van der Waals surface area contributed by atoms with Crippen molar-refractivity contribution in [2.75, 3.05) is 6.54 Å². The summed E-state index contributed by atoms with van der Waals surface area (Å²) in [6.45, 7) is -0.213. The standard InChI is InChI=1S/C13H13N3O8/c17-12(18)11-2-1-3-14(11)13(19)24-7-8-4-9(15(20)21)6-10(5-8)16(22)23/h4-6,11H,1-3,7H2,(H,17,18)/t11-/m1/s1. The summed E-state index contributed by atoms with van der Waals surface area (Å²) in [5, 5.41) is 30.6. The number of carboxylic acids is 1. The third kappa shape index (κ3) is 3.74. The lowest BCUT2D eigenvalue weighted by molar-refractivity contribution is -0.394. The van der Waals surface area contributed by atoms with Crippen molar-refractivity contribution in [3.63, 3.8) is 0 Å². The molecule has 0 saturated carbocycles. The van der Waals surface area contributed by atoms with Gasteiger partial charge in [-0.2, -0.15) is 0 Å². The zero-order valence-electron chi connectivity index (χ0n) is 12.3. The van der Waals surface area contributed by atoms with Crippen LogP contribution in [0.1, 0.15) is 18.4 Å². The maximum Gasteiger partial charge on any atom is 0.410 e. The Morgan fingerprint density at radius 3 is 2.29 bits per heavy atom. The number of ether oxygens (including phenoxy) is 1. The molecule has 1 aromatic carbocycles. The van der Waals surface area contributed by atoms with Gasteiger partial charge >= 0.3 is 12.1 Å². The monoisotopic (exact) mass is 339 g/mol. The van der Waals surface area contributed by atoms with Crippen LogP contribution in [0.25, 0.3) is 0 Å². The number of hydrogen-bond donors (Lipinski definition) is 1. The number of benzene rings is 1. The molecule has 1 aromatic rings. The molecule has 0 unspecified atom stereocenters. The van der Waals surface area contributed by atoms with Gasteiger partial charge < -0.3 is 9.84 Å². The Morgan fingerprint density at radius 1 is 1.21 bits per heavy atom. The van der Waals surface area contributed by atoms with Gasteiger partial charge in [-0.25, -0.2) is 9.59 Å². The van der Waals surface area contributed by atoms with Crippen molar-refractivity contribution in [3.8, 4) is 0 Å². The van der Waals surface area contributed by atoms with Gasteiger partial charge in [-0.15, -0.1) is 0 Å². The summed E-state index contributed by atoms with van der Waals surface area (Å²) in [5.74, 6) is -1.14. The molecule has 0 bridgehead atoms. The fraction of sp³-hybridized carbons (Fsp3) is 0.385. The Bertz CT molecular complexity index is 672. The highest BCUT2D eigenvalue weighted by Gasteiger charge is 2.35. The Balaban J connectivity index is 2.11. The highest BCUT2D eigenvalue weighted by atomic mass is 16.6. The first-order valence-electron chi connectivity index (χ1n) is 6.88. The van der Waals surface area contributed by atoms with E-state index in [-0.39, 0.29) is 12.1 Å². The molecule has 1 saturated heterocycles. The van der Waals surface area contributed by atoms with E-state index in [9.17, 15) is 29.8 Å². The van der Waals surface area contributed by atoms with Crippen molar-refractivity contribution >= 4 is 23.4 Å². The molecule has 0 spiro atoms. The second-order valence-corrected chi connectivity index (χ2v) is 5.12. The predicted octanol–water partition coefficient (Wildman–Crippen LogP) is 1.69. The first-order valence-corrected chi connectivity index (χ1v) is 6.88. The Labute approximate surface area is 134 Å². The van der Waals surface area contributed by atoms with E-state index >= 15 is 0 Å². The van der Waals surface area contributed by atoms with Crippen LogP contribution in [0.4, 0.5) is 16.2 Å². The molecule has 1 atom stereocenters. The highest BCUT2D eigenvalue weighted by Crippen LogP contribution is 2.24. The van der Waals surface area contributed by atoms with Crippen LogP contribution in [0.5, 0.6) is 0 Å². The van der Waals surface area contributed by atoms with E-state index in [2.05, 4.69) is 0 Å². The van der Waals surface area contributed by atoms with E-state index < -0.39 is 45.9 Å². The molecule has 1 fully saturated rings. The summed E-state index contributed by atoms with van der Waals surface area (Å²) in [7, 11) is 0. The molecule has 11 heteroatoms. The van der Waals surface area contributed by atoms with Crippen molar-refractivity contribution in [1.82, 2.24) is 4.90 Å². The lowest BCUT2D eigenvalue weighted by atomic mass is 10.2. The fourth-order valence-electron chi connectivity index (χ4n) is 2.42. The minimum Gasteiger partial charge on any atom is -0.480 e. The second kappa shape index (κ2) is 6.89. The molecule has 128 valence electrons. The van der Waals surface area contributed by atoms with Crippen molar-refractivity contribution in [3.05, 3.63) is 44.0 Å². The van der Waals surface area contributed by atoms with Crippen molar-refractivity contribution in [2.45, 2.75) is 25.5 Å². The van der Waals surface area contributed by atoms with E-state index in [4.69, 9.17) is 9.84 Å². The van der Waals surface area contributed by atoms with Gasteiger partial charge in [0.05, 0.1) is 15.9 Å². The average molecular weight is 339 g/mol. The van der Waals surface area contributed by atoms with Gasteiger partial charge in [-0.1, -0.05) is 0 Å². The number of carboxylic acid groups (broad SMARTS) is 1. The second-order valence-electron chi connectivity index (χ2n) is 5.12. The Hall–Kier alpha value is -3.24. The molecule has 1 N–H and O–H groups in total. The molecule has 1 heterocycles. The fourth-order valence-corrected chi connectivity index (χ4v) is 2.42. The van der Waals surface area contributed by atoms with Gasteiger partial charge in [0.1, 0.15) is 12.6 Å². The number of hydrogen-bond acceptors (Lipinski definition) is 7. The van der Waals surface area contributed by atoms with Crippen molar-refractivity contribution in [1.29, 1.82) is 0 Å². The molecule has 0 radical (unpaired) electrons. The van der Waals surface area contributed by atoms with Gasteiger partial charge in [-0.3, -0.25) is 25.1 Å². The van der Waals surface area contributed by atoms with Gasteiger partial charge in [-0.05, 0) is 12.8 Å². The van der Waals surface area contributed by atoms with E-state index in [1.165, 1.54) is 0 Å². The number of amides is 1. The van der Waals surface area contributed by atoms with Gasteiger partial charge in [0.15, 0.2) is 0 Å². The maximum absolute atomic E-state index is 11.9. The molecule has 1 aliphatic heterocycles.